The zero-order valence-corrected chi connectivity index (χ0v) is 19.1. The number of esters is 1. The summed E-state index contributed by atoms with van der Waals surface area (Å²) >= 11 is 0. The monoisotopic (exact) mass is 410 g/mol. The minimum Gasteiger partial charge on any atom is -0.481 e. The lowest BCUT2D eigenvalue weighted by Crippen LogP contribution is -2.19. The first-order valence-electron chi connectivity index (χ1n) is 12.1. The van der Waals surface area contributed by atoms with Gasteiger partial charge >= 0.3 is 11.9 Å². The number of carbonyl (C=O) groups excluding carboxylic acids is 1. The molecule has 4 heteroatoms. The number of carboxylic acids is 1. The molecule has 0 aromatic carbocycles. The van der Waals surface area contributed by atoms with E-state index >= 15 is 0 Å². The Kier molecular flexibility index (Phi) is 20.4. The Hall–Kier alpha value is -1.32. The largest absolute Gasteiger partial charge is 0.481 e. The molecular formula is C25H46O4. The summed E-state index contributed by atoms with van der Waals surface area (Å²) in [6.07, 6.45) is 23.5. The lowest BCUT2D eigenvalue weighted by Gasteiger charge is -2.11. The molecule has 0 aromatic heterocycles. The Morgan fingerprint density at radius 1 is 0.828 bits per heavy atom. The average Bonchev–Trinajstić information content (AvgIpc) is 2.70. The lowest BCUT2D eigenvalue weighted by molar-refractivity contribution is -0.151. The number of carbonyl (C=O) groups is 2. The van der Waals surface area contributed by atoms with Gasteiger partial charge in [0.15, 0.2) is 0 Å². The lowest BCUT2D eigenvalue weighted by atomic mass is 9.97. The molecule has 0 radical (unpaired) electrons. The molecule has 0 heterocycles. The number of allylic oxidation sites excluding steroid dienone is 2. The van der Waals surface area contributed by atoms with Gasteiger partial charge in [0.2, 0.25) is 0 Å². The Morgan fingerprint density at radius 2 is 1.31 bits per heavy atom. The molecule has 1 unspecified atom stereocenters. The summed E-state index contributed by atoms with van der Waals surface area (Å²) in [5.41, 5.74) is 0. The molecule has 0 spiro atoms. The molecule has 0 amide bonds. The van der Waals surface area contributed by atoms with Gasteiger partial charge < -0.3 is 9.84 Å². The zero-order valence-electron chi connectivity index (χ0n) is 19.1. The molecule has 0 aromatic rings. The molecule has 0 aliphatic rings. The maximum Gasteiger partial charge on any atom is 0.307 e. The molecule has 0 saturated carbocycles. The summed E-state index contributed by atoms with van der Waals surface area (Å²) in [6, 6.07) is 0. The smallest absolute Gasteiger partial charge is 0.307 e. The molecule has 0 aliphatic carbocycles. The molecule has 1 N–H and O–H groups in total. The van der Waals surface area contributed by atoms with Crippen molar-refractivity contribution in [2.24, 2.45) is 5.92 Å². The highest BCUT2D eigenvalue weighted by atomic mass is 16.5. The zero-order chi connectivity index (χ0) is 21.6. The minimum atomic E-state index is -0.878. The molecule has 0 bridgehead atoms. The van der Waals surface area contributed by atoms with Gasteiger partial charge in [-0.1, -0.05) is 96.1 Å². The van der Waals surface area contributed by atoms with Crippen LogP contribution in [-0.4, -0.2) is 23.7 Å². The van der Waals surface area contributed by atoms with E-state index in [4.69, 9.17) is 4.74 Å². The maximum absolute atomic E-state index is 11.6. The van der Waals surface area contributed by atoms with Gasteiger partial charge in [-0.3, -0.25) is 9.59 Å². The first-order valence-corrected chi connectivity index (χ1v) is 12.1. The Morgan fingerprint density at radius 3 is 1.76 bits per heavy atom. The van der Waals surface area contributed by atoms with Crippen molar-refractivity contribution in [1.29, 1.82) is 0 Å². The number of unbranched alkanes of at least 4 members (excludes halogenated alkanes) is 13. The van der Waals surface area contributed by atoms with Crippen LogP contribution in [0.25, 0.3) is 0 Å². The number of rotatable bonds is 21. The second-order valence-electron chi connectivity index (χ2n) is 8.20. The number of aliphatic carboxylic acids is 1. The number of ether oxygens (including phenoxy) is 1. The fourth-order valence-corrected chi connectivity index (χ4v) is 3.55. The first-order chi connectivity index (χ1) is 14.1. The molecule has 29 heavy (non-hydrogen) atoms. The van der Waals surface area contributed by atoms with Gasteiger partial charge in [-0.2, -0.15) is 0 Å². The fraction of sp³-hybridized carbons (Fsp3) is 0.840. The van der Waals surface area contributed by atoms with Crippen LogP contribution < -0.4 is 0 Å². The predicted octanol–water partition coefficient (Wildman–Crippen LogP) is 7.46. The van der Waals surface area contributed by atoms with Crippen molar-refractivity contribution in [3.05, 3.63) is 12.2 Å². The van der Waals surface area contributed by atoms with E-state index in [0.29, 0.717) is 13.0 Å². The van der Waals surface area contributed by atoms with Crippen LogP contribution in [-0.2, 0) is 14.3 Å². The predicted molar refractivity (Wildman–Crippen MR) is 121 cm³/mol. The minimum absolute atomic E-state index is 0.00508. The average molecular weight is 411 g/mol. The number of hydrogen-bond acceptors (Lipinski definition) is 3. The second kappa shape index (κ2) is 21.4. The molecule has 170 valence electrons. The molecule has 1 atom stereocenters. The van der Waals surface area contributed by atoms with Crippen LogP contribution in [0.1, 0.15) is 123 Å². The van der Waals surface area contributed by atoms with Crippen molar-refractivity contribution in [3.63, 3.8) is 0 Å². The van der Waals surface area contributed by atoms with E-state index in [-0.39, 0.29) is 12.4 Å². The third kappa shape index (κ3) is 19.8. The summed E-state index contributed by atoms with van der Waals surface area (Å²) in [4.78, 5) is 22.9. The summed E-state index contributed by atoms with van der Waals surface area (Å²) < 4.78 is 5.00. The van der Waals surface area contributed by atoms with Crippen LogP contribution in [0.15, 0.2) is 12.2 Å². The summed E-state index contributed by atoms with van der Waals surface area (Å²) in [6.45, 7) is 4.39. The van der Waals surface area contributed by atoms with E-state index in [2.05, 4.69) is 19.1 Å². The van der Waals surface area contributed by atoms with Crippen LogP contribution in [0.3, 0.4) is 0 Å². The van der Waals surface area contributed by atoms with Crippen molar-refractivity contribution < 1.29 is 19.4 Å². The van der Waals surface area contributed by atoms with Crippen LogP contribution >= 0.6 is 0 Å². The van der Waals surface area contributed by atoms with Crippen molar-refractivity contribution in [3.8, 4) is 0 Å². The van der Waals surface area contributed by atoms with E-state index in [1.54, 1.807) is 0 Å². The van der Waals surface area contributed by atoms with Gasteiger partial charge in [0.05, 0.1) is 18.9 Å². The normalized spacial score (nSPS) is 12.3. The molecule has 0 fully saturated rings. The van der Waals surface area contributed by atoms with Gasteiger partial charge in [-0.05, 0) is 32.6 Å². The second-order valence-corrected chi connectivity index (χ2v) is 8.20. The Labute approximate surface area is 179 Å². The van der Waals surface area contributed by atoms with E-state index in [0.717, 1.165) is 19.3 Å². The SMILES string of the molecule is C/C=C/CCCCCCCCCCCCCCCC(CC(=O)OCCC)C(=O)O. The quantitative estimate of drug-likeness (QED) is 0.121. The maximum atomic E-state index is 11.6. The summed E-state index contributed by atoms with van der Waals surface area (Å²) in [5.74, 6) is -1.85. The van der Waals surface area contributed by atoms with E-state index in [1.165, 1.54) is 77.0 Å². The van der Waals surface area contributed by atoms with E-state index < -0.39 is 11.9 Å². The third-order valence-corrected chi connectivity index (χ3v) is 5.39. The Balaban J connectivity index is 3.44. The fourth-order valence-electron chi connectivity index (χ4n) is 3.55. The molecule has 0 aliphatic heterocycles. The first kappa shape index (κ1) is 27.7. The molecular weight excluding hydrogens is 364 g/mol. The number of carboxylic acid groups (broad SMARTS) is 1. The van der Waals surface area contributed by atoms with E-state index in [1.807, 2.05) is 6.92 Å². The number of hydrogen-bond donors (Lipinski definition) is 1. The highest BCUT2D eigenvalue weighted by Gasteiger charge is 2.21. The van der Waals surface area contributed by atoms with Crippen LogP contribution in [0.2, 0.25) is 0 Å². The summed E-state index contributed by atoms with van der Waals surface area (Å²) in [7, 11) is 0. The molecule has 0 saturated heterocycles. The van der Waals surface area contributed by atoms with Gasteiger partial charge in [0.1, 0.15) is 0 Å². The van der Waals surface area contributed by atoms with Gasteiger partial charge in [-0.15, -0.1) is 0 Å². The van der Waals surface area contributed by atoms with Gasteiger partial charge in [-0.25, -0.2) is 0 Å². The van der Waals surface area contributed by atoms with Crippen molar-refractivity contribution in [2.45, 2.75) is 123 Å². The van der Waals surface area contributed by atoms with Crippen molar-refractivity contribution in [2.75, 3.05) is 6.61 Å². The van der Waals surface area contributed by atoms with E-state index in [9.17, 15) is 14.7 Å². The van der Waals surface area contributed by atoms with Gasteiger partial charge in [0, 0.05) is 0 Å². The molecule has 0 rings (SSSR count). The van der Waals surface area contributed by atoms with Crippen LogP contribution in [0.5, 0.6) is 0 Å². The molecule has 4 nitrogen and oxygen atoms in total. The van der Waals surface area contributed by atoms with Crippen molar-refractivity contribution >= 4 is 11.9 Å². The van der Waals surface area contributed by atoms with Gasteiger partial charge in [0.25, 0.3) is 0 Å². The third-order valence-electron chi connectivity index (χ3n) is 5.39. The standard InChI is InChI=1S/C25H46O4/c1-3-5-6-7-8-9-10-11-12-13-14-15-16-17-18-19-20-23(25(27)28)22-24(26)29-21-4-2/h3,5,23H,4,6-22H2,1-2H3,(H,27,28)/b5-3+. The highest BCUT2D eigenvalue weighted by Crippen LogP contribution is 2.17. The topological polar surface area (TPSA) is 63.6 Å². The van der Waals surface area contributed by atoms with Crippen molar-refractivity contribution in [1.82, 2.24) is 0 Å². The Bertz CT molecular complexity index is 417. The highest BCUT2D eigenvalue weighted by molar-refractivity contribution is 5.78. The van der Waals surface area contributed by atoms with Crippen LogP contribution in [0.4, 0.5) is 0 Å². The van der Waals surface area contributed by atoms with Crippen LogP contribution in [0, 0.1) is 5.92 Å². The summed E-state index contributed by atoms with van der Waals surface area (Å²) in [5, 5.41) is 9.26.